The van der Waals surface area contributed by atoms with Crippen molar-refractivity contribution in [3.63, 3.8) is 0 Å². The van der Waals surface area contributed by atoms with Gasteiger partial charge in [0.2, 0.25) is 0 Å². The summed E-state index contributed by atoms with van der Waals surface area (Å²) in [6, 6.07) is 0.395. The van der Waals surface area contributed by atoms with E-state index in [4.69, 9.17) is 4.74 Å². The Bertz CT molecular complexity index is 402. The van der Waals surface area contributed by atoms with E-state index in [9.17, 15) is 0 Å². The zero-order valence-electron chi connectivity index (χ0n) is 11.9. The number of methoxy groups -OCH3 is 1. The molecule has 1 N–H and O–H groups in total. The largest absolute Gasteiger partial charge is 0.496 e. The quantitative estimate of drug-likeness (QED) is 0.753. The van der Waals surface area contributed by atoms with E-state index in [1.165, 1.54) is 0 Å². The topological polar surface area (TPSA) is 34.1 Å². The predicted molar refractivity (Wildman–Crippen MR) is 76.2 cm³/mol. The summed E-state index contributed by atoms with van der Waals surface area (Å²) in [6.07, 6.45) is 5.69. The Morgan fingerprint density at radius 2 is 2.22 bits per heavy atom. The summed E-state index contributed by atoms with van der Waals surface area (Å²) in [7, 11) is 1.71. The normalized spacial score (nSPS) is 12.2. The fourth-order valence-corrected chi connectivity index (χ4v) is 2.24. The first-order chi connectivity index (χ1) is 8.63. The smallest absolute Gasteiger partial charge is 0.128 e. The van der Waals surface area contributed by atoms with E-state index in [1.54, 1.807) is 7.11 Å². The second-order valence-electron chi connectivity index (χ2n) is 4.53. The van der Waals surface area contributed by atoms with Gasteiger partial charge in [0.1, 0.15) is 5.75 Å². The third-order valence-electron chi connectivity index (χ3n) is 3.13. The Morgan fingerprint density at radius 3 is 2.78 bits per heavy atom. The monoisotopic (exact) mass is 248 g/mol. The van der Waals surface area contributed by atoms with Gasteiger partial charge in [-0.3, -0.25) is 4.98 Å². The lowest BCUT2D eigenvalue weighted by molar-refractivity contribution is 0.406. The molecule has 0 radical (unpaired) electrons. The van der Waals surface area contributed by atoms with E-state index >= 15 is 0 Å². The van der Waals surface area contributed by atoms with Gasteiger partial charge < -0.3 is 10.1 Å². The van der Waals surface area contributed by atoms with Crippen molar-refractivity contribution in [1.82, 2.24) is 10.3 Å². The molecule has 0 amide bonds. The van der Waals surface area contributed by atoms with Crippen molar-refractivity contribution in [2.24, 2.45) is 0 Å². The third kappa shape index (κ3) is 3.57. The minimum atomic E-state index is 0.395. The molecule has 1 aromatic rings. The summed E-state index contributed by atoms with van der Waals surface area (Å²) >= 11 is 0. The fraction of sp³-hybridized carbons (Fsp3) is 0.533. The van der Waals surface area contributed by atoms with Crippen LogP contribution in [0.1, 0.15) is 30.2 Å². The summed E-state index contributed by atoms with van der Waals surface area (Å²) in [4.78, 5) is 4.54. The number of hydrogen-bond acceptors (Lipinski definition) is 3. The molecule has 0 bridgehead atoms. The van der Waals surface area contributed by atoms with E-state index in [0.717, 1.165) is 42.0 Å². The van der Waals surface area contributed by atoms with Gasteiger partial charge in [-0.1, -0.05) is 13.0 Å². The van der Waals surface area contributed by atoms with Crippen LogP contribution in [0.3, 0.4) is 0 Å². The molecule has 3 nitrogen and oxygen atoms in total. The Balaban J connectivity index is 2.92. The SMILES string of the molecule is C=CCC(Cc1ncc(C)c(OC)c1C)NCC. The van der Waals surface area contributed by atoms with Gasteiger partial charge in [0.05, 0.1) is 7.11 Å². The lowest BCUT2D eigenvalue weighted by atomic mass is 10.0. The molecule has 100 valence electrons. The number of nitrogens with one attached hydrogen (secondary N) is 1. The molecule has 0 aliphatic heterocycles. The molecule has 18 heavy (non-hydrogen) atoms. The second kappa shape index (κ2) is 7.17. The minimum Gasteiger partial charge on any atom is -0.496 e. The number of rotatable bonds is 7. The molecule has 0 aliphatic carbocycles. The molecule has 0 aliphatic rings. The molecule has 3 heteroatoms. The highest BCUT2D eigenvalue weighted by Gasteiger charge is 2.13. The number of likely N-dealkylation sites (N-methyl/N-ethyl adjacent to an activating group) is 1. The molecule has 1 heterocycles. The van der Waals surface area contributed by atoms with Gasteiger partial charge in [0, 0.05) is 35.5 Å². The average Bonchev–Trinajstić information content (AvgIpc) is 2.34. The highest BCUT2D eigenvalue weighted by atomic mass is 16.5. The van der Waals surface area contributed by atoms with Crippen molar-refractivity contribution in [2.45, 2.75) is 39.7 Å². The molecular formula is C15H24N2O. The Labute approximate surface area is 110 Å². The average molecular weight is 248 g/mol. The molecule has 1 aromatic heterocycles. The van der Waals surface area contributed by atoms with Crippen LogP contribution >= 0.6 is 0 Å². The lowest BCUT2D eigenvalue weighted by Gasteiger charge is -2.18. The zero-order valence-corrected chi connectivity index (χ0v) is 11.9. The standard InChI is InChI=1S/C15H24N2O/c1-6-8-13(16-7-2)9-14-12(4)15(18-5)11(3)10-17-14/h6,10,13,16H,1,7-9H2,2-5H3. The van der Waals surface area contributed by atoms with Gasteiger partial charge >= 0.3 is 0 Å². The lowest BCUT2D eigenvalue weighted by Crippen LogP contribution is -2.31. The van der Waals surface area contributed by atoms with Gasteiger partial charge in [-0.2, -0.15) is 0 Å². The van der Waals surface area contributed by atoms with E-state index < -0.39 is 0 Å². The van der Waals surface area contributed by atoms with Gasteiger partial charge in [-0.25, -0.2) is 0 Å². The first kappa shape index (κ1) is 14.7. The Hall–Kier alpha value is -1.35. The summed E-state index contributed by atoms with van der Waals surface area (Å²) < 4.78 is 5.44. The summed E-state index contributed by atoms with van der Waals surface area (Å²) in [5.41, 5.74) is 3.33. The molecule has 0 aromatic carbocycles. The van der Waals surface area contributed by atoms with Crippen molar-refractivity contribution >= 4 is 0 Å². The van der Waals surface area contributed by atoms with Crippen molar-refractivity contribution in [2.75, 3.05) is 13.7 Å². The number of aryl methyl sites for hydroxylation is 1. The number of aromatic nitrogens is 1. The third-order valence-corrected chi connectivity index (χ3v) is 3.13. The van der Waals surface area contributed by atoms with Crippen LogP contribution in [0.2, 0.25) is 0 Å². The highest BCUT2D eigenvalue weighted by molar-refractivity contribution is 5.41. The van der Waals surface area contributed by atoms with Crippen LogP contribution in [0.15, 0.2) is 18.9 Å². The minimum absolute atomic E-state index is 0.395. The second-order valence-corrected chi connectivity index (χ2v) is 4.53. The maximum atomic E-state index is 5.44. The van der Waals surface area contributed by atoms with Gasteiger partial charge in [0.25, 0.3) is 0 Å². The van der Waals surface area contributed by atoms with Crippen molar-refractivity contribution < 1.29 is 4.74 Å². The van der Waals surface area contributed by atoms with Gasteiger partial charge in [-0.05, 0) is 26.8 Å². The number of nitrogens with zero attached hydrogens (tertiary/aromatic N) is 1. The van der Waals surface area contributed by atoms with E-state index in [-0.39, 0.29) is 0 Å². The van der Waals surface area contributed by atoms with Gasteiger partial charge in [0.15, 0.2) is 0 Å². The molecule has 0 spiro atoms. The van der Waals surface area contributed by atoms with Crippen LogP contribution in [-0.4, -0.2) is 24.7 Å². The highest BCUT2D eigenvalue weighted by Crippen LogP contribution is 2.24. The molecule has 0 saturated carbocycles. The van der Waals surface area contributed by atoms with Crippen LogP contribution in [0.5, 0.6) is 5.75 Å². The number of ether oxygens (including phenoxy) is 1. The molecule has 1 atom stereocenters. The van der Waals surface area contributed by atoms with Crippen LogP contribution in [0.4, 0.5) is 0 Å². The van der Waals surface area contributed by atoms with E-state index in [1.807, 2.05) is 19.2 Å². The Kier molecular flexibility index (Phi) is 5.86. The molecular weight excluding hydrogens is 224 g/mol. The van der Waals surface area contributed by atoms with Crippen molar-refractivity contribution in [3.8, 4) is 5.75 Å². The van der Waals surface area contributed by atoms with E-state index in [0.29, 0.717) is 6.04 Å². The molecule has 0 saturated heterocycles. The molecule has 1 unspecified atom stereocenters. The van der Waals surface area contributed by atoms with Crippen molar-refractivity contribution in [1.29, 1.82) is 0 Å². The molecule has 1 rings (SSSR count). The maximum Gasteiger partial charge on any atom is 0.128 e. The first-order valence-electron chi connectivity index (χ1n) is 6.47. The van der Waals surface area contributed by atoms with Crippen LogP contribution in [-0.2, 0) is 6.42 Å². The number of hydrogen-bond donors (Lipinski definition) is 1. The first-order valence-corrected chi connectivity index (χ1v) is 6.47. The van der Waals surface area contributed by atoms with E-state index in [2.05, 4.69) is 30.7 Å². The summed E-state index contributed by atoms with van der Waals surface area (Å²) in [5, 5.41) is 3.46. The number of pyridine rings is 1. The van der Waals surface area contributed by atoms with Crippen LogP contribution in [0.25, 0.3) is 0 Å². The summed E-state index contributed by atoms with van der Waals surface area (Å²) in [6.45, 7) is 11.0. The predicted octanol–water partition coefficient (Wildman–Crippen LogP) is 2.80. The van der Waals surface area contributed by atoms with Crippen molar-refractivity contribution in [3.05, 3.63) is 35.7 Å². The maximum absolute atomic E-state index is 5.44. The fourth-order valence-electron chi connectivity index (χ4n) is 2.24. The van der Waals surface area contributed by atoms with Crippen LogP contribution < -0.4 is 10.1 Å². The van der Waals surface area contributed by atoms with Gasteiger partial charge in [-0.15, -0.1) is 6.58 Å². The zero-order chi connectivity index (χ0) is 13.5. The van der Waals surface area contributed by atoms with Crippen LogP contribution in [0, 0.1) is 13.8 Å². The summed E-state index contributed by atoms with van der Waals surface area (Å²) in [5.74, 6) is 0.953. The molecule has 0 fully saturated rings. The Morgan fingerprint density at radius 1 is 1.50 bits per heavy atom.